The molecule has 1 unspecified atom stereocenters. The number of nitrogens with two attached hydrogens (primary N) is 1. The van der Waals surface area contributed by atoms with Crippen molar-refractivity contribution in [3.05, 3.63) is 22.3 Å². The van der Waals surface area contributed by atoms with E-state index in [1.807, 2.05) is 24.8 Å². The fourth-order valence-corrected chi connectivity index (χ4v) is 4.14. The topological polar surface area (TPSA) is 59.2 Å². The van der Waals surface area contributed by atoms with Crippen molar-refractivity contribution in [3.63, 3.8) is 0 Å². The van der Waals surface area contributed by atoms with Crippen LogP contribution in [0, 0.1) is 19.8 Å². The summed E-state index contributed by atoms with van der Waals surface area (Å²) in [6, 6.07) is 2.01. The van der Waals surface area contributed by atoms with Crippen molar-refractivity contribution in [2.75, 3.05) is 18.8 Å². The van der Waals surface area contributed by atoms with Gasteiger partial charge in [-0.3, -0.25) is 9.78 Å². The second-order valence-corrected chi connectivity index (χ2v) is 6.76. The second-order valence-electron chi connectivity index (χ2n) is 5.71. The molecule has 0 saturated carbocycles. The number of anilines is 1. The minimum atomic E-state index is 0.0742. The van der Waals surface area contributed by atoms with Gasteiger partial charge >= 0.3 is 0 Å². The molecule has 1 atom stereocenters. The number of aromatic nitrogens is 1. The molecule has 0 radical (unpaired) electrons. The summed E-state index contributed by atoms with van der Waals surface area (Å²) in [4.78, 5) is 19.7. The Morgan fingerprint density at radius 2 is 2.25 bits per heavy atom. The number of rotatable bonds is 1. The van der Waals surface area contributed by atoms with E-state index in [0.717, 1.165) is 41.0 Å². The highest BCUT2D eigenvalue weighted by atomic mass is 32.1. The maximum absolute atomic E-state index is 12.6. The van der Waals surface area contributed by atoms with Crippen molar-refractivity contribution in [1.29, 1.82) is 0 Å². The van der Waals surface area contributed by atoms with Crippen molar-refractivity contribution in [3.8, 4) is 0 Å². The molecule has 1 aliphatic heterocycles. The van der Waals surface area contributed by atoms with Gasteiger partial charge in [-0.15, -0.1) is 11.3 Å². The van der Waals surface area contributed by atoms with Crippen LogP contribution in [0.4, 0.5) is 5.69 Å². The van der Waals surface area contributed by atoms with Crippen LogP contribution in [-0.2, 0) is 0 Å². The number of amides is 1. The number of nitrogen functional groups attached to an aromatic ring is 1. The molecule has 1 amide bonds. The number of nitrogens with zero attached hydrogens (tertiary/aromatic N) is 2. The van der Waals surface area contributed by atoms with Crippen LogP contribution in [0.3, 0.4) is 0 Å². The summed E-state index contributed by atoms with van der Waals surface area (Å²) < 4.78 is 1.06. The maximum Gasteiger partial charge on any atom is 0.266 e. The lowest BCUT2D eigenvalue weighted by atomic mass is 10.2. The van der Waals surface area contributed by atoms with Crippen molar-refractivity contribution in [1.82, 2.24) is 9.88 Å². The van der Waals surface area contributed by atoms with Crippen LogP contribution in [-0.4, -0.2) is 28.9 Å². The largest absolute Gasteiger partial charge is 0.397 e. The Kier molecular flexibility index (Phi) is 3.17. The van der Waals surface area contributed by atoms with Gasteiger partial charge in [0.2, 0.25) is 0 Å². The van der Waals surface area contributed by atoms with Gasteiger partial charge in [-0.2, -0.15) is 0 Å². The molecule has 0 aromatic carbocycles. The summed E-state index contributed by atoms with van der Waals surface area (Å²) in [6.07, 6.45) is 1.08. The molecule has 0 aliphatic carbocycles. The van der Waals surface area contributed by atoms with Crippen LogP contribution in [0.5, 0.6) is 0 Å². The lowest BCUT2D eigenvalue weighted by Crippen LogP contribution is -2.28. The quantitative estimate of drug-likeness (QED) is 0.878. The van der Waals surface area contributed by atoms with Gasteiger partial charge in [0.25, 0.3) is 5.91 Å². The second kappa shape index (κ2) is 4.74. The van der Waals surface area contributed by atoms with Crippen molar-refractivity contribution in [2.24, 2.45) is 5.92 Å². The summed E-state index contributed by atoms with van der Waals surface area (Å²) in [5.74, 6) is 0.658. The number of carbonyl (C=O) groups is 1. The Morgan fingerprint density at radius 1 is 1.50 bits per heavy atom. The number of hydrogen-bond acceptors (Lipinski definition) is 4. The Labute approximate surface area is 122 Å². The Hall–Kier alpha value is -1.62. The summed E-state index contributed by atoms with van der Waals surface area (Å²) in [5, 5.41) is 0.941. The van der Waals surface area contributed by atoms with E-state index in [4.69, 9.17) is 5.73 Å². The van der Waals surface area contributed by atoms with Gasteiger partial charge < -0.3 is 10.6 Å². The Bertz CT molecular complexity index is 692. The van der Waals surface area contributed by atoms with E-state index in [0.29, 0.717) is 16.5 Å². The van der Waals surface area contributed by atoms with Crippen LogP contribution < -0.4 is 5.73 Å². The number of carbonyl (C=O) groups excluding carboxylic acids is 1. The number of fused-ring (bicyclic) bond motifs is 1. The summed E-state index contributed by atoms with van der Waals surface area (Å²) >= 11 is 1.49. The van der Waals surface area contributed by atoms with E-state index in [-0.39, 0.29) is 5.91 Å². The lowest BCUT2D eigenvalue weighted by molar-refractivity contribution is 0.0794. The molecule has 2 aromatic rings. The van der Waals surface area contributed by atoms with E-state index < -0.39 is 0 Å². The van der Waals surface area contributed by atoms with Crippen molar-refractivity contribution < 1.29 is 4.79 Å². The average Bonchev–Trinajstić information content (AvgIpc) is 2.93. The Balaban J connectivity index is 2.06. The minimum Gasteiger partial charge on any atom is -0.397 e. The molecule has 20 heavy (non-hydrogen) atoms. The van der Waals surface area contributed by atoms with Crippen LogP contribution in [0.1, 0.15) is 34.4 Å². The van der Waals surface area contributed by atoms with Crippen LogP contribution >= 0.6 is 11.3 Å². The lowest BCUT2D eigenvalue weighted by Gasteiger charge is -2.15. The first kappa shape index (κ1) is 13.4. The molecule has 5 heteroatoms. The van der Waals surface area contributed by atoms with Gasteiger partial charge in [0, 0.05) is 34.6 Å². The minimum absolute atomic E-state index is 0.0742. The van der Waals surface area contributed by atoms with E-state index in [1.54, 1.807) is 0 Å². The highest BCUT2D eigenvalue weighted by molar-refractivity contribution is 7.21. The number of likely N-dealkylation sites (tertiary alicyclic amines) is 1. The highest BCUT2D eigenvalue weighted by Crippen LogP contribution is 2.36. The smallest absolute Gasteiger partial charge is 0.266 e. The zero-order valence-corrected chi connectivity index (χ0v) is 12.9. The van der Waals surface area contributed by atoms with Crippen LogP contribution in [0.25, 0.3) is 10.1 Å². The third-order valence-corrected chi connectivity index (χ3v) is 5.06. The molecule has 0 bridgehead atoms. The third kappa shape index (κ3) is 2.06. The van der Waals surface area contributed by atoms with E-state index >= 15 is 0 Å². The molecular formula is C15H19N3OS. The first-order chi connectivity index (χ1) is 9.47. The SMILES string of the molecule is Cc1cc2sc(C(=O)N3CCC(C)C3)c(N)c2c(C)n1. The molecule has 0 spiro atoms. The molecule has 4 nitrogen and oxygen atoms in total. The summed E-state index contributed by atoms with van der Waals surface area (Å²) in [6.45, 7) is 7.77. The maximum atomic E-state index is 12.6. The molecule has 2 aromatic heterocycles. The molecule has 2 N–H and O–H groups in total. The van der Waals surface area contributed by atoms with Crippen molar-refractivity contribution >= 4 is 33.0 Å². The van der Waals surface area contributed by atoms with E-state index in [9.17, 15) is 4.79 Å². The summed E-state index contributed by atoms with van der Waals surface area (Å²) in [7, 11) is 0. The number of pyridine rings is 1. The standard InChI is InChI=1S/C15H19N3OS/c1-8-4-5-18(7-8)15(19)14-13(16)12-10(3)17-9(2)6-11(12)20-14/h6,8H,4-5,7,16H2,1-3H3. The van der Waals surface area contributed by atoms with Crippen molar-refractivity contribution in [2.45, 2.75) is 27.2 Å². The van der Waals surface area contributed by atoms with E-state index in [1.165, 1.54) is 11.3 Å². The van der Waals surface area contributed by atoms with Gasteiger partial charge in [-0.25, -0.2) is 0 Å². The first-order valence-corrected chi connectivity index (χ1v) is 7.74. The molecule has 1 fully saturated rings. The fraction of sp³-hybridized carbons (Fsp3) is 0.467. The fourth-order valence-electron chi connectivity index (χ4n) is 2.90. The zero-order chi connectivity index (χ0) is 14.4. The first-order valence-electron chi connectivity index (χ1n) is 6.93. The molecule has 3 heterocycles. The predicted octanol–water partition coefficient (Wildman–Crippen LogP) is 2.98. The van der Waals surface area contributed by atoms with Gasteiger partial charge in [-0.1, -0.05) is 6.92 Å². The molecular weight excluding hydrogens is 270 g/mol. The predicted molar refractivity (Wildman–Crippen MR) is 83.2 cm³/mol. The normalized spacial score (nSPS) is 18.9. The summed E-state index contributed by atoms with van der Waals surface area (Å²) in [5.41, 5.74) is 8.68. The third-order valence-electron chi connectivity index (χ3n) is 3.92. The molecule has 1 aliphatic rings. The number of aryl methyl sites for hydroxylation is 2. The molecule has 3 rings (SSSR count). The monoisotopic (exact) mass is 289 g/mol. The van der Waals surface area contributed by atoms with Gasteiger partial charge in [0.05, 0.1) is 5.69 Å². The number of thiophene rings is 1. The molecule has 1 saturated heterocycles. The van der Waals surface area contributed by atoms with Crippen LogP contribution in [0.15, 0.2) is 6.07 Å². The zero-order valence-electron chi connectivity index (χ0n) is 12.1. The number of hydrogen-bond donors (Lipinski definition) is 1. The molecule has 106 valence electrons. The van der Waals surface area contributed by atoms with Gasteiger partial charge in [0.15, 0.2) is 0 Å². The van der Waals surface area contributed by atoms with Crippen LogP contribution in [0.2, 0.25) is 0 Å². The van der Waals surface area contributed by atoms with Gasteiger partial charge in [0.1, 0.15) is 4.88 Å². The average molecular weight is 289 g/mol. The van der Waals surface area contributed by atoms with E-state index in [2.05, 4.69) is 11.9 Å². The van der Waals surface area contributed by atoms with Gasteiger partial charge in [-0.05, 0) is 32.3 Å². The highest BCUT2D eigenvalue weighted by Gasteiger charge is 2.27. The Morgan fingerprint density at radius 3 is 2.90 bits per heavy atom.